The first-order valence-electron chi connectivity index (χ1n) is 6.19. The largest absolute Gasteiger partial charge is 0.468 e. The van der Waals surface area contributed by atoms with Crippen LogP contribution in [0.15, 0.2) is 18.2 Å². The number of ether oxygens (including phenoxy) is 1. The van der Waals surface area contributed by atoms with Gasteiger partial charge in [0.1, 0.15) is 11.9 Å². The van der Waals surface area contributed by atoms with Crippen LogP contribution in [0.25, 0.3) is 0 Å². The number of rotatable bonds is 6. The Kier molecular flexibility index (Phi) is 5.56. The molecule has 0 aliphatic carbocycles. The van der Waals surface area contributed by atoms with E-state index in [1.54, 1.807) is 0 Å². The quantitative estimate of drug-likeness (QED) is 0.818. The van der Waals surface area contributed by atoms with Crippen LogP contribution >= 0.6 is 0 Å². The average molecular weight is 289 g/mol. The fourth-order valence-corrected chi connectivity index (χ4v) is 1.84. The van der Waals surface area contributed by atoms with Gasteiger partial charge in [-0.15, -0.1) is 0 Å². The monoisotopic (exact) mass is 289 g/mol. The lowest BCUT2D eigenvalue weighted by atomic mass is 10.0. The molecule has 0 aliphatic rings. The van der Waals surface area contributed by atoms with Crippen molar-refractivity contribution in [1.29, 1.82) is 0 Å². The van der Waals surface area contributed by atoms with Gasteiger partial charge in [0.15, 0.2) is 0 Å². The first-order valence-corrected chi connectivity index (χ1v) is 6.19. The molecule has 0 saturated heterocycles. The highest BCUT2D eigenvalue weighted by Crippen LogP contribution is 2.23. The van der Waals surface area contributed by atoms with Crippen LogP contribution in [0.2, 0.25) is 0 Å². The van der Waals surface area contributed by atoms with E-state index >= 15 is 0 Å². The van der Waals surface area contributed by atoms with Crippen molar-refractivity contribution >= 4 is 5.97 Å². The topological polar surface area (TPSA) is 38.3 Å². The standard InChI is InChI=1S/C14H18F3NO2/c1-14(16,17)7-6-9-4-5-10(11(15)8-9)12(18-2)13(19)20-3/h4-5,8,12,18H,6-7H2,1-3H3. The number of aryl methyl sites for hydroxylation is 1. The predicted molar refractivity (Wildman–Crippen MR) is 69.2 cm³/mol. The number of benzene rings is 1. The molecule has 20 heavy (non-hydrogen) atoms. The summed E-state index contributed by atoms with van der Waals surface area (Å²) in [6.45, 7) is 0.825. The molecule has 1 aromatic rings. The van der Waals surface area contributed by atoms with Gasteiger partial charge in [-0.3, -0.25) is 0 Å². The zero-order chi connectivity index (χ0) is 15.3. The Morgan fingerprint density at radius 3 is 2.55 bits per heavy atom. The van der Waals surface area contributed by atoms with Gasteiger partial charge in [-0.05, 0) is 32.0 Å². The van der Waals surface area contributed by atoms with Gasteiger partial charge in [0.25, 0.3) is 0 Å². The molecule has 6 heteroatoms. The van der Waals surface area contributed by atoms with E-state index in [-0.39, 0.29) is 18.4 Å². The van der Waals surface area contributed by atoms with Crippen LogP contribution in [0, 0.1) is 5.82 Å². The van der Waals surface area contributed by atoms with Crippen LogP contribution in [-0.2, 0) is 16.0 Å². The Bertz CT molecular complexity index is 472. The number of esters is 1. The Balaban J connectivity index is 2.90. The first kappa shape index (κ1) is 16.5. The molecule has 0 aromatic heterocycles. The van der Waals surface area contributed by atoms with E-state index in [2.05, 4.69) is 10.1 Å². The van der Waals surface area contributed by atoms with Gasteiger partial charge in [0.2, 0.25) is 5.92 Å². The number of hydrogen-bond acceptors (Lipinski definition) is 3. The highest BCUT2D eigenvalue weighted by atomic mass is 19.3. The lowest BCUT2D eigenvalue weighted by Gasteiger charge is -2.16. The summed E-state index contributed by atoms with van der Waals surface area (Å²) in [7, 11) is 2.72. The van der Waals surface area contributed by atoms with Gasteiger partial charge in [-0.1, -0.05) is 12.1 Å². The lowest BCUT2D eigenvalue weighted by molar-refractivity contribution is -0.143. The maximum absolute atomic E-state index is 14.0. The third-order valence-corrected chi connectivity index (χ3v) is 2.95. The van der Waals surface area contributed by atoms with E-state index in [1.807, 2.05) is 0 Å². The van der Waals surface area contributed by atoms with E-state index in [1.165, 1.54) is 32.4 Å². The summed E-state index contributed by atoms with van der Waals surface area (Å²) in [5.41, 5.74) is 0.596. The van der Waals surface area contributed by atoms with Crippen molar-refractivity contribution in [2.45, 2.75) is 31.7 Å². The van der Waals surface area contributed by atoms with Gasteiger partial charge in [-0.25, -0.2) is 18.0 Å². The molecule has 1 aromatic carbocycles. The highest BCUT2D eigenvalue weighted by molar-refractivity contribution is 5.77. The zero-order valence-corrected chi connectivity index (χ0v) is 11.7. The maximum Gasteiger partial charge on any atom is 0.327 e. The molecule has 0 saturated carbocycles. The van der Waals surface area contributed by atoms with Crippen molar-refractivity contribution in [3.8, 4) is 0 Å². The molecule has 3 nitrogen and oxygen atoms in total. The van der Waals surface area contributed by atoms with Crippen LogP contribution in [0.1, 0.15) is 30.5 Å². The Morgan fingerprint density at radius 2 is 2.10 bits per heavy atom. The second-order valence-corrected chi connectivity index (χ2v) is 4.67. The van der Waals surface area contributed by atoms with E-state index in [4.69, 9.17) is 0 Å². The predicted octanol–water partition coefficient (Wildman–Crippen LogP) is 2.85. The first-order chi connectivity index (χ1) is 9.28. The summed E-state index contributed by atoms with van der Waals surface area (Å²) in [5.74, 6) is -4.01. The molecule has 0 amide bonds. The normalized spacial score (nSPS) is 13.1. The molecule has 1 N–H and O–H groups in total. The molecule has 1 atom stereocenters. The molecule has 0 fully saturated rings. The van der Waals surface area contributed by atoms with Crippen molar-refractivity contribution in [3.63, 3.8) is 0 Å². The minimum Gasteiger partial charge on any atom is -0.468 e. The van der Waals surface area contributed by atoms with Gasteiger partial charge >= 0.3 is 5.97 Å². The molecule has 1 rings (SSSR count). The fraction of sp³-hybridized carbons (Fsp3) is 0.500. The minimum atomic E-state index is -2.78. The molecule has 0 heterocycles. The van der Waals surface area contributed by atoms with Gasteiger partial charge in [0.05, 0.1) is 7.11 Å². The van der Waals surface area contributed by atoms with Gasteiger partial charge < -0.3 is 10.1 Å². The van der Waals surface area contributed by atoms with Crippen LogP contribution in [0.3, 0.4) is 0 Å². The number of nitrogens with one attached hydrogen (secondary N) is 1. The van der Waals surface area contributed by atoms with E-state index in [0.29, 0.717) is 5.56 Å². The van der Waals surface area contributed by atoms with Crippen molar-refractivity contribution < 1.29 is 22.7 Å². The highest BCUT2D eigenvalue weighted by Gasteiger charge is 2.24. The number of likely N-dealkylation sites (N-methyl/N-ethyl adjacent to an activating group) is 1. The fourth-order valence-electron chi connectivity index (χ4n) is 1.84. The summed E-state index contributed by atoms with van der Waals surface area (Å²) >= 11 is 0. The Labute approximate surface area is 116 Å². The Morgan fingerprint density at radius 1 is 1.45 bits per heavy atom. The maximum atomic E-state index is 14.0. The van der Waals surface area contributed by atoms with Crippen LogP contribution in [0.4, 0.5) is 13.2 Å². The van der Waals surface area contributed by atoms with Crippen molar-refractivity contribution in [3.05, 3.63) is 35.1 Å². The minimum absolute atomic E-state index is 0.0726. The number of hydrogen-bond donors (Lipinski definition) is 1. The van der Waals surface area contributed by atoms with Gasteiger partial charge in [-0.2, -0.15) is 0 Å². The van der Waals surface area contributed by atoms with Crippen LogP contribution in [-0.4, -0.2) is 26.0 Å². The Hall–Kier alpha value is -1.56. The number of methoxy groups -OCH3 is 1. The van der Waals surface area contributed by atoms with Crippen molar-refractivity contribution in [1.82, 2.24) is 5.32 Å². The summed E-state index contributed by atoms with van der Waals surface area (Å²) in [4.78, 5) is 11.5. The summed E-state index contributed by atoms with van der Waals surface area (Å²) in [5, 5.41) is 2.65. The summed E-state index contributed by atoms with van der Waals surface area (Å²) in [6, 6.07) is 3.21. The molecule has 0 spiro atoms. The third kappa shape index (κ3) is 4.52. The van der Waals surface area contributed by atoms with Crippen molar-refractivity contribution in [2.75, 3.05) is 14.2 Å². The molecular weight excluding hydrogens is 271 g/mol. The van der Waals surface area contributed by atoms with Crippen molar-refractivity contribution in [2.24, 2.45) is 0 Å². The second kappa shape index (κ2) is 6.74. The molecule has 0 bridgehead atoms. The number of carbonyl (C=O) groups excluding carboxylic acids is 1. The van der Waals surface area contributed by atoms with Crippen LogP contribution < -0.4 is 5.32 Å². The van der Waals surface area contributed by atoms with Crippen LogP contribution in [0.5, 0.6) is 0 Å². The third-order valence-electron chi connectivity index (χ3n) is 2.95. The average Bonchev–Trinajstić information content (AvgIpc) is 2.38. The van der Waals surface area contributed by atoms with E-state index in [9.17, 15) is 18.0 Å². The summed E-state index contributed by atoms with van der Waals surface area (Å²) < 4.78 is 44.1. The molecule has 1 unspecified atom stereocenters. The SMILES string of the molecule is CNC(C(=O)OC)c1ccc(CCC(C)(F)F)cc1F. The summed E-state index contributed by atoms with van der Waals surface area (Å²) in [6.07, 6.45) is -0.276. The second-order valence-electron chi connectivity index (χ2n) is 4.67. The molecule has 0 radical (unpaired) electrons. The zero-order valence-electron chi connectivity index (χ0n) is 11.7. The van der Waals surface area contributed by atoms with E-state index < -0.39 is 23.8 Å². The lowest BCUT2D eigenvalue weighted by Crippen LogP contribution is -2.27. The molecular formula is C14H18F3NO2. The smallest absolute Gasteiger partial charge is 0.327 e. The number of halogens is 3. The van der Waals surface area contributed by atoms with Gasteiger partial charge in [0, 0.05) is 12.0 Å². The molecule has 112 valence electrons. The number of alkyl halides is 2. The van der Waals surface area contributed by atoms with E-state index in [0.717, 1.165) is 6.92 Å². The molecule has 0 aliphatic heterocycles. The number of carbonyl (C=O) groups is 1.